The first kappa shape index (κ1) is 28.2. The highest BCUT2D eigenvalue weighted by Gasteiger charge is 2.33. The Bertz CT molecular complexity index is 1800. The Balaban J connectivity index is 1.27. The molecule has 0 spiro atoms. The maximum Gasteiger partial charge on any atom is 0.286 e. The van der Waals surface area contributed by atoms with Crippen molar-refractivity contribution in [1.82, 2.24) is 24.6 Å². The van der Waals surface area contributed by atoms with Crippen LogP contribution in [0.1, 0.15) is 40.5 Å². The number of hydrogen-bond donors (Lipinski definition) is 3. The van der Waals surface area contributed by atoms with Gasteiger partial charge >= 0.3 is 0 Å². The number of nitrogens with zero attached hydrogens (tertiary/aromatic N) is 3. The number of benzene rings is 3. The van der Waals surface area contributed by atoms with Crippen LogP contribution in [0.15, 0.2) is 95.5 Å². The van der Waals surface area contributed by atoms with Gasteiger partial charge < -0.3 is 24.9 Å². The zero-order valence-electron chi connectivity index (χ0n) is 24.0. The topological polar surface area (TPSA) is 123 Å². The molecule has 220 valence electrons. The van der Waals surface area contributed by atoms with Crippen LogP contribution < -0.4 is 10.9 Å². The van der Waals surface area contributed by atoms with E-state index < -0.39 is 18.1 Å². The first-order valence-electron chi connectivity index (χ1n) is 14.2. The van der Waals surface area contributed by atoms with E-state index in [4.69, 9.17) is 9.47 Å². The van der Waals surface area contributed by atoms with Crippen molar-refractivity contribution < 1.29 is 19.4 Å². The molecule has 1 aliphatic heterocycles. The molecule has 0 bridgehead atoms. The maximum absolute atomic E-state index is 13.8. The number of aliphatic hydroxyl groups is 1. The third kappa shape index (κ3) is 5.88. The second-order valence-corrected chi connectivity index (χ2v) is 10.6. The molecule has 10 heteroatoms. The predicted molar refractivity (Wildman–Crippen MR) is 161 cm³/mol. The van der Waals surface area contributed by atoms with Crippen molar-refractivity contribution >= 4 is 16.9 Å². The smallest absolute Gasteiger partial charge is 0.286 e. The lowest BCUT2D eigenvalue weighted by atomic mass is 9.93. The number of para-hydroxylation sites is 3. The zero-order valence-corrected chi connectivity index (χ0v) is 24.0. The summed E-state index contributed by atoms with van der Waals surface area (Å²) < 4.78 is 15.7. The van der Waals surface area contributed by atoms with Crippen LogP contribution in [0.3, 0.4) is 0 Å². The number of carbonyl (C=O) groups excluding carboxylic acids is 1. The highest BCUT2D eigenvalue weighted by Crippen LogP contribution is 2.32. The van der Waals surface area contributed by atoms with Gasteiger partial charge in [0.2, 0.25) is 6.29 Å². The number of allylic oxidation sites excluding steroid dienone is 1. The molecule has 0 saturated carbocycles. The van der Waals surface area contributed by atoms with Gasteiger partial charge in [0, 0.05) is 30.6 Å². The number of fused-ring (bicyclic) bond motifs is 1. The van der Waals surface area contributed by atoms with Crippen molar-refractivity contribution in [1.29, 1.82) is 0 Å². The zero-order chi connectivity index (χ0) is 29.9. The molecule has 0 radical (unpaired) electrons. The fourth-order valence-corrected chi connectivity index (χ4v) is 5.41. The van der Waals surface area contributed by atoms with E-state index in [9.17, 15) is 14.7 Å². The molecule has 3 heterocycles. The summed E-state index contributed by atoms with van der Waals surface area (Å²) >= 11 is 0. The van der Waals surface area contributed by atoms with Crippen LogP contribution in [0.5, 0.6) is 0 Å². The van der Waals surface area contributed by atoms with Gasteiger partial charge in [0.1, 0.15) is 5.82 Å². The molecule has 1 aliphatic rings. The van der Waals surface area contributed by atoms with Gasteiger partial charge in [-0.1, -0.05) is 54.6 Å². The second-order valence-electron chi connectivity index (χ2n) is 10.6. The first-order chi connectivity index (χ1) is 20.9. The average Bonchev–Trinajstić information content (AvgIpc) is 3.56. The number of H-pyrrole nitrogens is 1. The van der Waals surface area contributed by atoms with Gasteiger partial charge in [-0.2, -0.15) is 0 Å². The maximum atomic E-state index is 13.8. The van der Waals surface area contributed by atoms with Crippen molar-refractivity contribution in [2.75, 3.05) is 0 Å². The Morgan fingerprint density at radius 2 is 1.79 bits per heavy atom. The molecule has 0 unspecified atom stereocenters. The molecule has 1 amide bonds. The molecule has 0 fully saturated rings. The van der Waals surface area contributed by atoms with Gasteiger partial charge in [-0.3, -0.25) is 14.3 Å². The molecule has 6 rings (SSSR count). The lowest BCUT2D eigenvalue weighted by molar-refractivity contribution is -0.150. The lowest BCUT2D eigenvalue weighted by Gasteiger charge is -2.29. The molecule has 2 atom stereocenters. The number of imidazole rings is 1. The molecule has 0 aliphatic carbocycles. The highest BCUT2D eigenvalue weighted by molar-refractivity contribution is 5.91. The van der Waals surface area contributed by atoms with E-state index in [-0.39, 0.29) is 31.1 Å². The molecular formula is C33H33N5O5. The van der Waals surface area contributed by atoms with Crippen LogP contribution >= 0.6 is 0 Å². The van der Waals surface area contributed by atoms with E-state index >= 15 is 0 Å². The molecule has 3 N–H and O–H groups in total. The van der Waals surface area contributed by atoms with Gasteiger partial charge in [-0.25, -0.2) is 9.67 Å². The molecule has 10 nitrogen and oxygen atoms in total. The molecule has 2 aromatic heterocycles. The molecule has 3 aromatic carbocycles. The van der Waals surface area contributed by atoms with Crippen LogP contribution in [0.4, 0.5) is 0 Å². The summed E-state index contributed by atoms with van der Waals surface area (Å²) in [6.07, 6.45) is 1.29. The van der Waals surface area contributed by atoms with Crippen molar-refractivity contribution in [3.05, 3.63) is 129 Å². The Kier molecular flexibility index (Phi) is 7.95. The minimum atomic E-state index is -0.774. The first-order valence-corrected chi connectivity index (χ1v) is 14.2. The Morgan fingerprint density at radius 1 is 1.07 bits per heavy atom. The summed E-state index contributed by atoms with van der Waals surface area (Å²) in [5.74, 6) is -0.151. The average molecular weight is 580 g/mol. The van der Waals surface area contributed by atoms with Crippen LogP contribution in [-0.2, 0) is 41.1 Å². The number of amides is 1. The third-order valence-electron chi connectivity index (χ3n) is 7.75. The lowest BCUT2D eigenvalue weighted by Crippen LogP contribution is -2.34. The van der Waals surface area contributed by atoms with Gasteiger partial charge in [0.15, 0.2) is 5.76 Å². The minimum absolute atomic E-state index is 0.0389. The van der Waals surface area contributed by atoms with Crippen molar-refractivity contribution in [2.24, 2.45) is 7.05 Å². The molecule has 43 heavy (non-hydrogen) atoms. The van der Waals surface area contributed by atoms with Crippen LogP contribution in [-0.4, -0.2) is 36.6 Å². The van der Waals surface area contributed by atoms with Gasteiger partial charge in [0.25, 0.3) is 11.5 Å². The van der Waals surface area contributed by atoms with Crippen molar-refractivity contribution in [3.8, 4) is 5.69 Å². The molecule has 0 saturated heterocycles. The quantitative estimate of drug-likeness (QED) is 0.242. The van der Waals surface area contributed by atoms with Gasteiger partial charge in [-0.15, -0.1) is 0 Å². The summed E-state index contributed by atoms with van der Waals surface area (Å²) in [6, 6.07) is 24.5. The van der Waals surface area contributed by atoms with E-state index in [0.29, 0.717) is 17.8 Å². The number of rotatable bonds is 9. The summed E-state index contributed by atoms with van der Waals surface area (Å²) in [5, 5.41) is 12.2. The number of aromatic nitrogens is 4. The number of carbonyl (C=O) groups is 1. The summed E-state index contributed by atoms with van der Waals surface area (Å²) in [7, 11) is 1.85. The van der Waals surface area contributed by atoms with E-state index in [1.165, 1.54) is 0 Å². The monoisotopic (exact) mass is 579 g/mol. The summed E-state index contributed by atoms with van der Waals surface area (Å²) in [4.78, 5) is 35.0. The molecule has 5 aromatic rings. The van der Waals surface area contributed by atoms with Gasteiger partial charge in [0.05, 0.1) is 36.5 Å². The number of hydrogen-bond acceptors (Lipinski definition) is 6. The van der Waals surface area contributed by atoms with Gasteiger partial charge in [-0.05, 0) is 48.4 Å². The number of nitrogens with one attached hydrogen (secondary N) is 2. The van der Waals surface area contributed by atoms with Crippen molar-refractivity contribution in [2.45, 2.75) is 45.3 Å². The van der Waals surface area contributed by atoms with Crippen LogP contribution in [0.25, 0.3) is 16.7 Å². The predicted octanol–water partition coefficient (Wildman–Crippen LogP) is 4.10. The summed E-state index contributed by atoms with van der Waals surface area (Å²) in [6.45, 7) is 2.27. The highest BCUT2D eigenvalue weighted by atomic mass is 16.7. The van der Waals surface area contributed by atoms with Crippen LogP contribution in [0, 0.1) is 6.92 Å². The Labute approximate surface area is 248 Å². The minimum Gasteiger partial charge on any atom is -0.459 e. The SMILES string of the molecule is Cc1c([C@H]2C=C(C(=O)NCc3nc4ccccc4[nH]3)O[C@@H](OCc3ccc(CO)cc3)C2)c(=O)n(-c2ccccc2)n1C. The Morgan fingerprint density at radius 3 is 2.53 bits per heavy atom. The van der Waals surface area contributed by atoms with Crippen LogP contribution in [0.2, 0.25) is 0 Å². The van der Waals surface area contributed by atoms with E-state index in [0.717, 1.165) is 33.5 Å². The fraction of sp³-hybridized carbons (Fsp3) is 0.242. The van der Waals surface area contributed by atoms with E-state index in [2.05, 4.69) is 15.3 Å². The van der Waals surface area contributed by atoms with E-state index in [1.807, 2.05) is 97.5 Å². The van der Waals surface area contributed by atoms with Crippen molar-refractivity contribution in [3.63, 3.8) is 0 Å². The molecular weight excluding hydrogens is 546 g/mol. The van der Waals surface area contributed by atoms with E-state index in [1.54, 1.807) is 10.8 Å². The Hall–Kier alpha value is -4.93. The largest absolute Gasteiger partial charge is 0.459 e. The number of aromatic amines is 1. The summed E-state index contributed by atoms with van der Waals surface area (Å²) in [5.41, 5.74) is 5.36. The fourth-order valence-electron chi connectivity index (χ4n) is 5.41. The third-order valence-corrected chi connectivity index (χ3v) is 7.75. The number of ether oxygens (including phenoxy) is 2. The normalized spacial score (nSPS) is 16.6. The number of aliphatic hydroxyl groups excluding tert-OH is 1. The second kappa shape index (κ2) is 12.1. The standard InChI is InChI=1S/C33H33N5O5/c1-21-31(33(41)38(37(21)2)25-8-4-3-5-9-25)24-16-28(32(40)34-18-29-35-26-10-6-7-11-27(26)36-29)43-30(17-24)42-20-23-14-12-22(19-39)13-15-23/h3-16,24,30,39H,17-20H2,1-2H3,(H,34,40)(H,35,36)/t24-,30+/m0/s1.